The molecule has 1 heterocycles. The molecule has 3 rings (SSSR count). The number of rotatable bonds is 5. The Morgan fingerprint density at radius 2 is 2.04 bits per heavy atom. The van der Waals surface area contributed by atoms with Gasteiger partial charge >= 0.3 is 0 Å². The third-order valence-electron chi connectivity index (χ3n) is 3.80. The van der Waals surface area contributed by atoms with Crippen molar-refractivity contribution >= 4 is 29.3 Å². The SMILES string of the molecule is Cc1ccccc1SCC(=O)NCc1cc(Cl)c2c(c1)OCCCO2. The first-order valence-corrected chi connectivity index (χ1v) is 9.53. The van der Waals surface area contributed by atoms with Gasteiger partial charge in [0.15, 0.2) is 11.5 Å². The summed E-state index contributed by atoms with van der Waals surface area (Å²) in [5.74, 6) is 1.59. The topological polar surface area (TPSA) is 47.6 Å². The maximum absolute atomic E-state index is 12.1. The summed E-state index contributed by atoms with van der Waals surface area (Å²) in [6.07, 6.45) is 0.827. The molecule has 0 aromatic heterocycles. The Labute approximate surface area is 156 Å². The fourth-order valence-corrected chi connectivity index (χ4v) is 3.65. The summed E-state index contributed by atoms with van der Waals surface area (Å²) >= 11 is 7.81. The van der Waals surface area contributed by atoms with Crippen molar-refractivity contribution in [1.82, 2.24) is 5.32 Å². The molecule has 25 heavy (non-hydrogen) atoms. The van der Waals surface area contributed by atoms with E-state index in [4.69, 9.17) is 21.1 Å². The van der Waals surface area contributed by atoms with Crippen LogP contribution >= 0.6 is 23.4 Å². The average molecular weight is 378 g/mol. The second-order valence-corrected chi connectivity index (χ2v) is 7.21. The maximum atomic E-state index is 12.1. The van der Waals surface area contributed by atoms with E-state index in [2.05, 4.69) is 5.32 Å². The molecule has 0 saturated carbocycles. The molecule has 0 atom stereocenters. The van der Waals surface area contributed by atoms with Crippen molar-refractivity contribution in [2.24, 2.45) is 0 Å². The van der Waals surface area contributed by atoms with Crippen LogP contribution in [0.4, 0.5) is 0 Å². The minimum Gasteiger partial charge on any atom is -0.489 e. The quantitative estimate of drug-likeness (QED) is 0.792. The Kier molecular flexibility index (Phi) is 6.10. The van der Waals surface area contributed by atoms with Gasteiger partial charge in [-0.2, -0.15) is 0 Å². The first-order valence-electron chi connectivity index (χ1n) is 8.16. The highest BCUT2D eigenvalue weighted by atomic mass is 35.5. The molecule has 1 aliphatic rings. The van der Waals surface area contributed by atoms with Gasteiger partial charge in [-0.3, -0.25) is 4.79 Å². The first kappa shape index (κ1) is 18.0. The van der Waals surface area contributed by atoms with Crippen LogP contribution in [0.3, 0.4) is 0 Å². The number of thioether (sulfide) groups is 1. The van der Waals surface area contributed by atoms with Crippen molar-refractivity contribution in [2.75, 3.05) is 19.0 Å². The average Bonchev–Trinajstić information content (AvgIpc) is 2.85. The van der Waals surface area contributed by atoms with E-state index in [1.807, 2.05) is 43.3 Å². The van der Waals surface area contributed by atoms with E-state index in [1.165, 1.54) is 17.3 Å². The Balaban J connectivity index is 1.56. The molecule has 1 aliphatic heterocycles. The highest BCUT2D eigenvalue weighted by Gasteiger charge is 2.16. The molecule has 0 aliphatic carbocycles. The molecule has 2 aromatic carbocycles. The van der Waals surface area contributed by atoms with Gasteiger partial charge in [0, 0.05) is 17.9 Å². The number of benzene rings is 2. The van der Waals surface area contributed by atoms with Crippen LogP contribution in [0.5, 0.6) is 11.5 Å². The normalized spacial score (nSPS) is 13.2. The van der Waals surface area contributed by atoms with Gasteiger partial charge in [0.05, 0.1) is 24.0 Å². The van der Waals surface area contributed by atoms with Gasteiger partial charge in [0.25, 0.3) is 0 Å². The van der Waals surface area contributed by atoms with Crippen molar-refractivity contribution in [1.29, 1.82) is 0 Å². The van der Waals surface area contributed by atoms with Gasteiger partial charge in [0.2, 0.25) is 5.91 Å². The van der Waals surface area contributed by atoms with Crippen molar-refractivity contribution in [3.8, 4) is 11.5 Å². The van der Waals surface area contributed by atoms with Crippen LogP contribution in [-0.2, 0) is 11.3 Å². The lowest BCUT2D eigenvalue weighted by Gasteiger charge is -2.12. The summed E-state index contributed by atoms with van der Waals surface area (Å²) in [6.45, 7) is 3.65. The lowest BCUT2D eigenvalue weighted by atomic mass is 10.2. The molecule has 0 spiro atoms. The highest BCUT2D eigenvalue weighted by molar-refractivity contribution is 8.00. The van der Waals surface area contributed by atoms with E-state index in [0.29, 0.717) is 42.0 Å². The predicted molar refractivity (Wildman–Crippen MR) is 101 cm³/mol. The van der Waals surface area contributed by atoms with Gasteiger partial charge in [-0.1, -0.05) is 29.8 Å². The number of hydrogen-bond donors (Lipinski definition) is 1. The summed E-state index contributed by atoms with van der Waals surface area (Å²) in [7, 11) is 0. The zero-order valence-corrected chi connectivity index (χ0v) is 15.6. The number of carbonyl (C=O) groups is 1. The molecule has 132 valence electrons. The molecule has 1 N–H and O–H groups in total. The number of fused-ring (bicyclic) bond motifs is 1. The fourth-order valence-electron chi connectivity index (χ4n) is 2.50. The molecule has 2 aromatic rings. The summed E-state index contributed by atoms with van der Waals surface area (Å²) in [6, 6.07) is 11.7. The standard InChI is InChI=1S/C19H20ClNO3S/c1-13-5-2-3-6-17(13)25-12-18(22)21-11-14-9-15(20)19-16(10-14)23-7-4-8-24-19/h2-3,5-6,9-10H,4,7-8,11-12H2,1H3,(H,21,22). The summed E-state index contributed by atoms with van der Waals surface area (Å²) < 4.78 is 11.3. The van der Waals surface area contributed by atoms with Crippen molar-refractivity contribution in [2.45, 2.75) is 24.8 Å². The van der Waals surface area contributed by atoms with Gasteiger partial charge in [0.1, 0.15) is 0 Å². The van der Waals surface area contributed by atoms with Crippen LogP contribution in [-0.4, -0.2) is 24.9 Å². The van der Waals surface area contributed by atoms with E-state index < -0.39 is 0 Å². The van der Waals surface area contributed by atoms with Crippen molar-refractivity contribution < 1.29 is 14.3 Å². The summed E-state index contributed by atoms with van der Waals surface area (Å²) in [4.78, 5) is 13.2. The Hall–Kier alpha value is -1.85. The van der Waals surface area contributed by atoms with Gasteiger partial charge in [-0.15, -0.1) is 11.8 Å². The molecule has 0 saturated heterocycles. The lowest BCUT2D eigenvalue weighted by molar-refractivity contribution is -0.118. The predicted octanol–water partition coefficient (Wildman–Crippen LogP) is 4.22. The number of ether oxygens (including phenoxy) is 2. The number of halogens is 1. The van der Waals surface area contributed by atoms with Gasteiger partial charge in [-0.25, -0.2) is 0 Å². The summed E-state index contributed by atoms with van der Waals surface area (Å²) in [5.41, 5.74) is 2.07. The largest absolute Gasteiger partial charge is 0.489 e. The third kappa shape index (κ3) is 4.83. The number of carbonyl (C=O) groups excluding carboxylic acids is 1. The van der Waals surface area contributed by atoms with Gasteiger partial charge < -0.3 is 14.8 Å². The first-order chi connectivity index (χ1) is 12.1. The highest BCUT2D eigenvalue weighted by Crippen LogP contribution is 2.37. The molecule has 0 fully saturated rings. The molecule has 1 amide bonds. The Bertz CT molecular complexity index is 766. The molecule has 0 radical (unpaired) electrons. The second kappa shape index (κ2) is 8.50. The van der Waals surface area contributed by atoms with E-state index in [0.717, 1.165) is 16.9 Å². The Morgan fingerprint density at radius 3 is 2.88 bits per heavy atom. The zero-order chi connectivity index (χ0) is 17.6. The number of nitrogens with one attached hydrogen (secondary N) is 1. The molecule has 0 bridgehead atoms. The lowest BCUT2D eigenvalue weighted by Crippen LogP contribution is -2.24. The maximum Gasteiger partial charge on any atom is 0.230 e. The van der Waals surface area contributed by atoms with E-state index in [9.17, 15) is 4.79 Å². The monoisotopic (exact) mass is 377 g/mol. The van der Waals surface area contributed by atoms with E-state index in [-0.39, 0.29) is 5.91 Å². The fraction of sp³-hybridized carbons (Fsp3) is 0.316. The van der Waals surface area contributed by atoms with Crippen molar-refractivity contribution in [3.05, 3.63) is 52.5 Å². The number of hydrogen-bond acceptors (Lipinski definition) is 4. The smallest absolute Gasteiger partial charge is 0.230 e. The number of aryl methyl sites for hydroxylation is 1. The number of amides is 1. The molecular formula is C19H20ClNO3S. The molecular weight excluding hydrogens is 358 g/mol. The summed E-state index contributed by atoms with van der Waals surface area (Å²) in [5, 5.41) is 3.44. The zero-order valence-electron chi connectivity index (χ0n) is 14.0. The van der Waals surface area contributed by atoms with E-state index >= 15 is 0 Å². The minimum absolute atomic E-state index is 0.0171. The third-order valence-corrected chi connectivity index (χ3v) is 5.26. The molecule has 4 nitrogen and oxygen atoms in total. The van der Waals surface area contributed by atoms with Crippen LogP contribution in [0.1, 0.15) is 17.5 Å². The van der Waals surface area contributed by atoms with Crippen LogP contribution in [0.2, 0.25) is 5.02 Å². The molecule has 6 heteroatoms. The van der Waals surface area contributed by atoms with Gasteiger partial charge in [-0.05, 0) is 36.2 Å². The van der Waals surface area contributed by atoms with Crippen LogP contribution < -0.4 is 14.8 Å². The van der Waals surface area contributed by atoms with E-state index in [1.54, 1.807) is 0 Å². The van der Waals surface area contributed by atoms with Crippen LogP contribution in [0, 0.1) is 6.92 Å². The van der Waals surface area contributed by atoms with Crippen LogP contribution in [0.25, 0.3) is 0 Å². The minimum atomic E-state index is -0.0171. The second-order valence-electron chi connectivity index (χ2n) is 5.79. The Morgan fingerprint density at radius 1 is 1.24 bits per heavy atom. The van der Waals surface area contributed by atoms with Crippen molar-refractivity contribution in [3.63, 3.8) is 0 Å². The van der Waals surface area contributed by atoms with Crippen LogP contribution in [0.15, 0.2) is 41.3 Å². The molecule has 0 unspecified atom stereocenters.